The van der Waals surface area contributed by atoms with Gasteiger partial charge in [0.2, 0.25) is 0 Å². The summed E-state index contributed by atoms with van der Waals surface area (Å²) in [7, 11) is 0. The summed E-state index contributed by atoms with van der Waals surface area (Å²) < 4.78 is 5.75. The van der Waals surface area contributed by atoms with E-state index >= 15 is 0 Å². The third-order valence-electron chi connectivity index (χ3n) is 5.32. The van der Waals surface area contributed by atoms with Crippen LogP contribution < -0.4 is 19.9 Å². The van der Waals surface area contributed by atoms with Gasteiger partial charge in [0.25, 0.3) is 11.6 Å². The van der Waals surface area contributed by atoms with Crippen molar-refractivity contribution >= 4 is 17.3 Å². The largest absolute Gasteiger partial charge is 0.491 e. The summed E-state index contributed by atoms with van der Waals surface area (Å²) in [6.07, 6.45) is 0. The van der Waals surface area contributed by atoms with Crippen molar-refractivity contribution in [2.24, 2.45) is 0 Å². The Hall–Kier alpha value is -3.13. The molecule has 0 bridgehead atoms. The average molecular weight is 413 g/mol. The Labute approximate surface area is 176 Å². The van der Waals surface area contributed by atoms with Crippen molar-refractivity contribution in [1.29, 1.82) is 0 Å². The first-order valence-corrected chi connectivity index (χ1v) is 10.2. The molecule has 8 nitrogen and oxygen atoms in total. The Morgan fingerprint density at radius 1 is 1.17 bits per heavy atom. The van der Waals surface area contributed by atoms with E-state index in [1.165, 1.54) is 22.6 Å². The molecule has 0 atom stereocenters. The van der Waals surface area contributed by atoms with Crippen LogP contribution in [0, 0.1) is 24.0 Å². The van der Waals surface area contributed by atoms with Gasteiger partial charge in [0, 0.05) is 17.8 Å². The molecule has 160 valence electrons. The number of anilines is 1. The van der Waals surface area contributed by atoms with E-state index in [2.05, 4.69) is 16.3 Å². The van der Waals surface area contributed by atoms with Crippen LogP contribution in [0.2, 0.25) is 0 Å². The van der Waals surface area contributed by atoms with Gasteiger partial charge >= 0.3 is 0 Å². The number of hydrogen-bond donors (Lipinski definition) is 2. The molecule has 0 unspecified atom stereocenters. The molecule has 1 aliphatic heterocycles. The second kappa shape index (κ2) is 10.1. The highest BCUT2D eigenvalue weighted by atomic mass is 16.6. The maximum atomic E-state index is 12.2. The summed E-state index contributed by atoms with van der Waals surface area (Å²) >= 11 is 0. The van der Waals surface area contributed by atoms with Gasteiger partial charge in [0.05, 0.1) is 37.6 Å². The Kier molecular flexibility index (Phi) is 7.24. The van der Waals surface area contributed by atoms with Crippen LogP contribution in [0.1, 0.15) is 11.1 Å². The fourth-order valence-electron chi connectivity index (χ4n) is 3.65. The van der Waals surface area contributed by atoms with Crippen molar-refractivity contribution < 1.29 is 19.4 Å². The van der Waals surface area contributed by atoms with Crippen LogP contribution in [0.4, 0.5) is 11.4 Å². The predicted molar refractivity (Wildman–Crippen MR) is 115 cm³/mol. The fraction of sp³-hybridized carbons (Fsp3) is 0.409. The Morgan fingerprint density at radius 3 is 2.50 bits per heavy atom. The SMILES string of the molecule is Cc1ccc(OCCNC(=O)C[NH+]2CCN(c3ccc([N+](=O)[O-])cc3)CC2)c(C)c1. The Balaban J connectivity index is 1.35. The highest BCUT2D eigenvalue weighted by molar-refractivity contribution is 5.76. The number of nitrogens with one attached hydrogen (secondary N) is 2. The van der Waals surface area contributed by atoms with E-state index in [0.29, 0.717) is 19.7 Å². The predicted octanol–water partition coefficient (Wildman–Crippen LogP) is 1.11. The minimum absolute atomic E-state index is 0.0259. The number of piperazine rings is 1. The number of carbonyl (C=O) groups excluding carboxylic acids is 1. The lowest BCUT2D eigenvalue weighted by molar-refractivity contribution is -0.892. The molecule has 1 heterocycles. The third-order valence-corrected chi connectivity index (χ3v) is 5.32. The third kappa shape index (κ3) is 5.93. The number of benzene rings is 2. The maximum absolute atomic E-state index is 12.2. The molecule has 1 aliphatic rings. The number of rotatable bonds is 8. The first-order valence-electron chi connectivity index (χ1n) is 10.2. The van der Waals surface area contributed by atoms with E-state index in [1.54, 1.807) is 12.1 Å². The summed E-state index contributed by atoms with van der Waals surface area (Å²) in [5, 5.41) is 13.7. The molecule has 0 aromatic heterocycles. The number of nitrogens with zero attached hydrogens (tertiary/aromatic N) is 2. The first-order chi connectivity index (χ1) is 14.4. The molecule has 0 aliphatic carbocycles. The molecule has 0 saturated carbocycles. The smallest absolute Gasteiger partial charge is 0.275 e. The molecule has 2 aromatic rings. The molecule has 30 heavy (non-hydrogen) atoms. The van der Waals surface area contributed by atoms with Gasteiger partial charge in [-0.3, -0.25) is 14.9 Å². The first kappa shape index (κ1) is 21.6. The van der Waals surface area contributed by atoms with Crippen molar-refractivity contribution in [2.75, 3.05) is 50.8 Å². The molecule has 2 aromatic carbocycles. The topological polar surface area (TPSA) is 89.2 Å². The molecule has 0 radical (unpaired) electrons. The molecule has 2 N–H and O–H groups in total. The lowest BCUT2D eigenvalue weighted by Gasteiger charge is -2.33. The highest BCUT2D eigenvalue weighted by Gasteiger charge is 2.22. The van der Waals surface area contributed by atoms with Crippen molar-refractivity contribution in [3.05, 3.63) is 63.7 Å². The number of hydrogen-bond acceptors (Lipinski definition) is 5. The number of aryl methyl sites for hydroxylation is 2. The van der Waals surface area contributed by atoms with Crippen LogP contribution >= 0.6 is 0 Å². The van der Waals surface area contributed by atoms with Crippen LogP contribution in [-0.2, 0) is 4.79 Å². The quantitative estimate of drug-likeness (QED) is 0.385. The zero-order valence-corrected chi connectivity index (χ0v) is 17.5. The number of amides is 1. The summed E-state index contributed by atoms with van der Waals surface area (Å²) in [6, 6.07) is 12.7. The van der Waals surface area contributed by atoms with Crippen LogP contribution in [-0.4, -0.2) is 56.7 Å². The van der Waals surface area contributed by atoms with Gasteiger partial charge in [-0.25, -0.2) is 0 Å². The number of carbonyl (C=O) groups is 1. The van der Waals surface area contributed by atoms with E-state index in [0.717, 1.165) is 43.2 Å². The summed E-state index contributed by atoms with van der Waals surface area (Å²) in [5.74, 6) is 0.876. The average Bonchev–Trinajstić information content (AvgIpc) is 2.73. The minimum atomic E-state index is -0.391. The number of nitro groups is 1. The van der Waals surface area contributed by atoms with Crippen LogP contribution in [0.3, 0.4) is 0 Å². The molecule has 1 fully saturated rings. The second-order valence-electron chi connectivity index (χ2n) is 7.65. The monoisotopic (exact) mass is 413 g/mol. The Morgan fingerprint density at radius 2 is 1.87 bits per heavy atom. The zero-order chi connectivity index (χ0) is 21.5. The lowest BCUT2D eigenvalue weighted by Crippen LogP contribution is -3.16. The number of nitro benzene ring substituents is 1. The molecule has 8 heteroatoms. The van der Waals surface area contributed by atoms with E-state index in [4.69, 9.17) is 4.74 Å². The van der Waals surface area contributed by atoms with Gasteiger partial charge in [-0.1, -0.05) is 17.7 Å². The van der Waals surface area contributed by atoms with Crippen molar-refractivity contribution in [3.8, 4) is 5.75 Å². The summed E-state index contributed by atoms with van der Waals surface area (Å²) in [5.41, 5.74) is 3.37. The van der Waals surface area contributed by atoms with Gasteiger partial charge < -0.3 is 19.9 Å². The van der Waals surface area contributed by atoms with Gasteiger partial charge in [-0.2, -0.15) is 0 Å². The normalized spacial score (nSPS) is 14.4. The van der Waals surface area contributed by atoms with Crippen molar-refractivity contribution in [1.82, 2.24) is 5.32 Å². The second-order valence-corrected chi connectivity index (χ2v) is 7.65. The lowest BCUT2D eigenvalue weighted by atomic mass is 10.1. The van der Waals surface area contributed by atoms with E-state index in [-0.39, 0.29) is 11.6 Å². The van der Waals surface area contributed by atoms with Gasteiger partial charge in [0.1, 0.15) is 12.4 Å². The summed E-state index contributed by atoms with van der Waals surface area (Å²) in [6.45, 7) is 8.76. The molecule has 1 amide bonds. The van der Waals surface area contributed by atoms with E-state index in [9.17, 15) is 14.9 Å². The van der Waals surface area contributed by atoms with Gasteiger partial charge in [0.15, 0.2) is 6.54 Å². The van der Waals surface area contributed by atoms with Crippen LogP contribution in [0.15, 0.2) is 42.5 Å². The molecular weight excluding hydrogens is 384 g/mol. The van der Waals surface area contributed by atoms with Gasteiger partial charge in [-0.05, 0) is 37.6 Å². The van der Waals surface area contributed by atoms with Crippen LogP contribution in [0.25, 0.3) is 0 Å². The number of ether oxygens (including phenoxy) is 1. The number of non-ortho nitro benzene ring substituents is 1. The molecule has 0 spiro atoms. The fourth-order valence-corrected chi connectivity index (χ4v) is 3.65. The molecule has 3 rings (SSSR count). The van der Waals surface area contributed by atoms with Crippen molar-refractivity contribution in [2.45, 2.75) is 13.8 Å². The zero-order valence-electron chi connectivity index (χ0n) is 17.5. The standard InChI is InChI=1S/C22H28N4O4/c1-17-3-8-21(18(2)15-17)30-14-9-23-22(27)16-24-10-12-25(13-11-24)19-4-6-20(7-5-19)26(28)29/h3-8,15H,9-14,16H2,1-2H3,(H,23,27)/p+1. The van der Waals surface area contributed by atoms with E-state index < -0.39 is 4.92 Å². The summed E-state index contributed by atoms with van der Waals surface area (Å²) in [4.78, 5) is 26.0. The number of quaternary nitrogens is 1. The van der Waals surface area contributed by atoms with E-state index in [1.807, 2.05) is 26.0 Å². The maximum Gasteiger partial charge on any atom is 0.275 e. The van der Waals surface area contributed by atoms with Crippen LogP contribution in [0.5, 0.6) is 5.75 Å². The molecular formula is C22H29N4O4+. The molecule has 1 saturated heterocycles. The Bertz CT molecular complexity index is 877. The van der Waals surface area contributed by atoms with Gasteiger partial charge in [-0.15, -0.1) is 0 Å². The minimum Gasteiger partial charge on any atom is -0.491 e. The van der Waals surface area contributed by atoms with Crippen molar-refractivity contribution in [3.63, 3.8) is 0 Å². The highest BCUT2D eigenvalue weighted by Crippen LogP contribution is 2.19.